The molecule has 3 aromatic rings. The van der Waals surface area contributed by atoms with Gasteiger partial charge in [-0.1, -0.05) is 30.3 Å². The van der Waals surface area contributed by atoms with E-state index in [-0.39, 0.29) is 42.9 Å². The first kappa shape index (κ1) is 28.0. The van der Waals surface area contributed by atoms with E-state index >= 15 is 0 Å². The molecule has 2 atom stereocenters. The number of aliphatic hydroxyl groups is 2. The topological polar surface area (TPSA) is 114 Å². The zero-order chi connectivity index (χ0) is 26.9. The summed E-state index contributed by atoms with van der Waals surface area (Å²) in [5, 5.41) is 23.6. The maximum atomic E-state index is 13.6. The fourth-order valence-electron chi connectivity index (χ4n) is 4.21. The fraction of sp³-hybridized carbons (Fsp3) is 0.393. The Kier molecular flexibility index (Phi) is 9.93. The van der Waals surface area contributed by atoms with Gasteiger partial charge in [0.15, 0.2) is 5.82 Å². The Morgan fingerprint density at radius 1 is 1.05 bits per heavy atom. The minimum absolute atomic E-state index is 0.00121. The minimum atomic E-state index is -1.03. The number of hydrogen-bond acceptors (Lipinski definition) is 6. The third-order valence-electron chi connectivity index (χ3n) is 6.03. The van der Waals surface area contributed by atoms with Crippen LogP contribution in [0.5, 0.6) is 0 Å². The van der Waals surface area contributed by atoms with Gasteiger partial charge in [0.1, 0.15) is 5.82 Å². The molecule has 0 saturated heterocycles. The Morgan fingerprint density at radius 2 is 1.73 bits per heavy atom. The van der Waals surface area contributed by atoms with E-state index in [0.29, 0.717) is 29.9 Å². The van der Waals surface area contributed by atoms with Gasteiger partial charge >= 0.3 is 5.97 Å². The van der Waals surface area contributed by atoms with Crippen molar-refractivity contribution in [1.82, 2.24) is 14.9 Å². The smallest absolute Gasteiger partial charge is 0.308 e. The average Bonchev–Trinajstić information content (AvgIpc) is 3.27. The quantitative estimate of drug-likeness (QED) is 0.319. The van der Waals surface area contributed by atoms with Gasteiger partial charge in [-0.25, -0.2) is 9.37 Å². The number of nitrogens with one attached hydrogen (secondary N) is 1. The number of rotatable bonds is 12. The number of nitrogens with zero attached hydrogens (tertiary/aromatic N) is 2. The highest BCUT2D eigenvalue weighted by Crippen LogP contribution is 2.29. The van der Waals surface area contributed by atoms with E-state index in [9.17, 15) is 24.2 Å². The molecule has 8 nitrogen and oxygen atoms in total. The van der Waals surface area contributed by atoms with Crippen LogP contribution >= 0.6 is 0 Å². The first-order chi connectivity index (χ1) is 17.7. The molecule has 3 rings (SSSR count). The van der Waals surface area contributed by atoms with Gasteiger partial charge in [-0.05, 0) is 62.9 Å². The summed E-state index contributed by atoms with van der Waals surface area (Å²) in [6.45, 7) is 4.21. The SMILES string of the molecule is COC(=O)C[C@H](O)C[C@H](O)CCc1c(-c2ccc(F)cc2)nc(C(=O)NCc2ccccc2)n1C(C)C. The lowest BCUT2D eigenvalue weighted by Crippen LogP contribution is -2.27. The number of carbonyl (C=O) groups excluding carboxylic acids is 2. The number of imidazole rings is 1. The van der Waals surface area contributed by atoms with Gasteiger partial charge in [-0.2, -0.15) is 0 Å². The summed E-state index contributed by atoms with van der Waals surface area (Å²) in [5.74, 6) is -1.06. The van der Waals surface area contributed by atoms with E-state index in [4.69, 9.17) is 0 Å². The summed E-state index contributed by atoms with van der Waals surface area (Å²) in [4.78, 5) is 29.3. The number of amides is 1. The standard InChI is InChI=1S/C28H34FN3O5/c1-18(2)32-24(14-13-22(33)15-23(34)16-25(35)37-3)26(20-9-11-21(29)12-10-20)31-27(32)28(36)30-17-19-7-5-4-6-8-19/h4-12,18,22-23,33-34H,13-17H2,1-3H3,(H,30,36)/t22-,23-/m1/s1. The minimum Gasteiger partial charge on any atom is -0.469 e. The molecule has 1 heterocycles. The monoisotopic (exact) mass is 511 g/mol. The molecule has 0 radical (unpaired) electrons. The Morgan fingerprint density at radius 3 is 2.35 bits per heavy atom. The zero-order valence-corrected chi connectivity index (χ0v) is 21.4. The Balaban J connectivity index is 1.88. The molecule has 37 heavy (non-hydrogen) atoms. The predicted octanol–water partition coefficient (Wildman–Crippen LogP) is 3.81. The van der Waals surface area contributed by atoms with Crippen molar-refractivity contribution in [3.05, 3.63) is 77.5 Å². The van der Waals surface area contributed by atoms with Gasteiger partial charge in [-0.3, -0.25) is 9.59 Å². The lowest BCUT2D eigenvalue weighted by atomic mass is 10.0. The second-order valence-electron chi connectivity index (χ2n) is 9.23. The lowest BCUT2D eigenvalue weighted by Gasteiger charge is -2.19. The van der Waals surface area contributed by atoms with Crippen molar-refractivity contribution < 1.29 is 28.9 Å². The molecule has 0 spiro atoms. The van der Waals surface area contributed by atoms with Crippen molar-refractivity contribution in [2.75, 3.05) is 7.11 Å². The Bertz CT molecular complexity index is 1180. The molecule has 0 fully saturated rings. The van der Waals surface area contributed by atoms with Crippen LogP contribution in [0.2, 0.25) is 0 Å². The highest BCUT2D eigenvalue weighted by molar-refractivity contribution is 5.92. The summed E-state index contributed by atoms with van der Waals surface area (Å²) in [5.41, 5.74) is 2.84. The maximum Gasteiger partial charge on any atom is 0.308 e. The second kappa shape index (κ2) is 13.1. The summed E-state index contributed by atoms with van der Waals surface area (Å²) in [6.07, 6.45) is -1.53. The molecule has 2 aromatic carbocycles. The first-order valence-electron chi connectivity index (χ1n) is 12.3. The van der Waals surface area contributed by atoms with Gasteiger partial charge in [0.2, 0.25) is 0 Å². The molecule has 1 aromatic heterocycles. The van der Waals surface area contributed by atoms with E-state index in [1.807, 2.05) is 48.7 Å². The van der Waals surface area contributed by atoms with E-state index in [0.717, 1.165) is 5.56 Å². The third kappa shape index (κ3) is 7.71. The first-order valence-corrected chi connectivity index (χ1v) is 12.3. The molecule has 0 aliphatic rings. The number of halogens is 1. The van der Waals surface area contributed by atoms with Crippen molar-refractivity contribution >= 4 is 11.9 Å². The van der Waals surface area contributed by atoms with Gasteiger partial charge in [0.05, 0.1) is 31.4 Å². The normalized spacial score (nSPS) is 12.8. The maximum absolute atomic E-state index is 13.6. The Hall–Kier alpha value is -3.56. The second-order valence-corrected chi connectivity index (χ2v) is 9.23. The van der Waals surface area contributed by atoms with Crippen molar-refractivity contribution in [1.29, 1.82) is 0 Å². The number of ether oxygens (including phenoxy) is 1. The van der Waals surface area contributed by atoms with Crippen LogP contribution in [0.15, 0.2) is 54.6 Å². The lowest BCUT2D eigenvalue weighted by molar-refractivity contribution is -0.143. The van der Waals surface area contributed by atoms with Crippen molar-refractivity contribution in [3.8, 4) is 11.3 Å². The van der Waals surface area contributed by atoms with Crippen LogP contribution in [-0.2, 0) is 22.5 Å². The number of esters is 1. The van der Waals surface area contributed by atoms with Crippen LogP contribution < -0.4 is 5.32 Å². The van der Waals surface area contributed by atoms with E-state index < -0.39 is 18.2 Å². The molecule has 0 saturated carbocycles. The van der Waals surface area contributed by atoms with Gasteiger partial charge in [0.25, 0.3) is 5.91 Å². The number of aromatic nitrogens is 2. The summed E-state index contributed by atoms with van der Waals surface area (Å²) in [7, 11) is 1.24. The number of benzene rings is 2. The zero-order valence-electron chi connectivity index (χ0n) is 21.4. The number of methoxy groups -OCH3 is 1. The Labute approximate surface area is 216 Å². The van der Waals surface area contributed by atoms with Crippen LogP contribution in [0, 0.1) is 5.82 Å². The predicted molar refractivity (Wildman–Crippen MR) is 137 cm³/mol. The van der Waals surface area contributed by atoms with Crippen molar-refractivity contribution in [2.24, 2.45) is 0 Å². The average molecular weight is 512 g/mol. The molecule has 0 unspecified atom stereocenters. The largest absolute Gasteiger partial charge is 0.469 e. The highest BCUT2D eigenvalue weighted by Gasteiger charge is 2.25. The van der Waals surface area contributed by atoms with Crippen LogP contribution in [0.1, 0.15) is 61.0 Å². The third-order valence-corrected chi connectivity index (χ3v) is 6.03. The van der Waals surface area contributed by atoms with Gasteiger partial charge in [-0.15, -0.1) is 0 Å². The number of hydrogen-bond donors (Lipinski definition) is 3. The van der Waals surface area contributed by atoms with Crippen LogP contribution in [0.4, 0.5) is 4.39 Å². The van der Waals surface area contributed by atoms with Crippen LogP contribution in [0.25, 0.3) is 11.3 Å². The van der Waals surface area contributed by atoms with E-state index in [2.05, 4.69) is 15.0 Å². The molecule has 198 valence electrons. The molecule has 0 aliphatic carbocycles. The molecule has 9 heteroatoms. The van der Waals surface area contributed by atoms with Crippen LogP contribution in [0.3, 0.4) is 0 Å². The molecule has 0 bridgehead atoms. The molecular formula is C28H34FN3O5. The number of carbonyl (C=O) groups is 2. The summed E-state index contributed by atoms with van der Waals surface area (Å²) in [6, 6.07) is 15.3. The molecule has 0 aliphatic heterocycles. The highest BCUT2D eigenvalue weighted by atomic mass is 19.1. The van der Waals surface area contributed by atoms with E-state index in [1.54, 1.807) is 12.1 Å². The summed E-state index contributed by atoms with van der Waals surface area (Å²) < 4.78 is 20.0. The molecule has 1 amide bonds. The van der Waals surface area contributed by atoms with Gasteiger partial charge in [0, 0.05) is 23.8 Å². The van der Waals surface area contributed by atoms with Gasteiger partial charge < -0.3 is 24.8 Å². The molecular weight excluding hydrogens is 477 g/mol. The van der Waals surface area contributed by atoms with E-state index in [1.165, 1.54) is 19.2 Å². The fourth-order valence-corrected chi connectivity index (χ4v) is 4.21. The van der Waals surface area contributed by atoms with Crippen LogP contribution in [-0.4, -0.2) is 51.0 Å². The van der Waals surface area contributed by atoms with Crippen molar-refractivity contribution in [3.63, 3.8) is 0 Å². The number of aliphatic hydroxyl groups excluding tert-OH is 2. The summed E-state index contributed by atoms with van der Waals surface area (Å²) >= 11 is 0. The molecule has 3 N–H and O–H groups in total. The van der Waals surface area contributed by atoms with Crippen molar-refractivity contribution in [2.45, 2.75) is 64.3 Å².